The Hall–Kier alpha value is -1.63. The molecule has 0 aliphatic rings. The molecule has 0 aromatic heterocycles. The molecule has 0 saturated carbocycles. The highest BCUT2D eigenvalue weighted by molar-refractivity contribution is 5.87. The molecule has 0 atom stereocenters. The lowest BCUT2D eigenvalue weighted by atomic mass is 10.2. The molecule has 1 rings (SSSR count). The van der Waals surface area contributed by atoms with Crippen LogP contribution in [0.3, 0.4) is 0 Å². The third-order valence-corrected chi connectivity index (χ3v) is 1.49. The van der Waals surface area contributed by atoms with Gasteiger partial charge in [0.05, 0.1) is 5.56 Å². The van der Waals surface area contributed by atoms with Gasteiger partial charge < -0.3 is 26.5 Å². The van der Waals surface area contributed by atoms with E-state index >= 15 is 0 Å². The smallest absolute Gasteiger partial charge is 0.335 e. The molecule has 0 amide bonds. The monoisotopic (exact) mass is 217 g/mol. The number of hydrogen-bond donors (Lipinski definition) is 2. The first kappa shape index (κ1) is 15.8. The maximum absolute atomic E-state index is 10.5. The van der Waals surface area contributed by atoms with Crippen LogP contribution in [0.5, 0.6) is 5.75 Å². The largest absolute Gasteiger partial charge is 0.492 e. The van der Waals surface area contributed by atoms with E-state index in [4.69, 9.17) is 15.6 Å². The number of hydrogen-bond acceptors (Lipinski definition) is 3. The Balaban J connectivity index is 0. The van der Waals surface area contributed by atoms with Crippen LogP contribution >= 0.6 is 0 Å². The lowest BCUT2D eigenvalue weighted by molar-refractivity contribution is 0.0697. The molecule has 6 nitrogen and oxygen atoms in total. The Kier molecular flexibility index (Phi) is 8.17. The highest BCUT2D eigenvalue weighted by Crippen LogP contribution is 2.11. The van der Waals surface area contributed by atoms with Gasteiger partial charge in [-0.2, -0.15) is 0 Å². The predicted molar refractivity (Wildman–Crippen MR) is 55.2 cm³/mol. The van der Waals surface area contributed by atoms with Crippen LogP contribution in [0.4, 0.5) is 0 Å². The number of carbonyl (C=O) groups is 1. The average molecular weight is 217 g/mol. The summed E-state index contributed by atoms with van der Waals surface area (Å²) in [6.45, 7) is 0.882. The van der Waals surface area contributed by atoms with Gasteiger partial charge in [-0.1, -0.05) is 0 Å². The Morgan fingerprint density at radius 3 is 2.20 bits per heavy atom. The summed E-state index contributed by atoms with van der Waals surface area (Å²) in [5, 5.41) is 8.59. The van der Waals surface area contributed by atoms with Crippen molar-refractivity contribution in [2.75, 3.05) is 13.2 Å². The Morgan fingerprint density at radius 2 is 1.80 bits per heavy atom. The van der Waals surface area contributed by atoms with Crippen molar-refractivity contribution in [3.05, 3.63) is 29.8 Å². The molecule has 86 valence electrons. The van der Waals surface area contributed by atoms with Crippen molar-refractivity contribution in [1.29, 1.82) is 0 Å². The average Bonchev–Trinajstić information content (AvgIpc) is 2.15. The zero-order valence-corrected chi connectivity index (χ0v) is 8.06. The van der Waals surface area contributed by atoms with Gasteiger partial charge >= 0.3 is 5.97 Å². The van der Waals surface area contributed by atoms with Crippen molar-refractivity contribution in [1.82, 2.24) is 0 Å². The van der Waals surface area contributed by atoms with Crippen LogP contribution in [0, 0.1) is 0 Å². The Morgan fingerprint density at radius 1 is 1.27 bits per heavy atom. The highest BCUT2D eigenvalue weighted by atomic mass is 16.5. The standard InChI is InChI=1S/C9H11NO3.2H2O/c10-5-6-13-8-3-1-7(2-4-8)9(11)12;;/h1-4H,5-6,10H2,(H,11,12);2*1H2. The Labute approximate surface area is 86.9 Å². The lowest BCUT2D eigenvalue weighted by Gasteiger charge is -2.03. The van der Waals surface area contributed by atoms with Crippen LogP contribution in [-0.2, 0) is 0 Å². The van der Waals surface area contributed by atoms with Crippen molar-refractivity contribution in [2.24, 2.45) is 5.73 Å². The van der Waals surface area contributed by atoms with Crippen LogP contribution in [-0.4, -0.2) is 35.2 Å². The van der Waals surface area contributed by atoms with Gasteiger partial charge in [-0.25, -0.2) is 4.79 Å². The SMILES string of the molecule is NCCOc1ccc(C(=O)O)cc1.O.O. The molecule has 0 fully saturated rings. The first-order valence-corrected chi connectivity index (χ1v) is 3.90. The fraction of sp³-hybridized carbons (Fsp3) is 0.222. The molecular weight excluding hydrogens is 202 g/mol. The van der Waals surface area contributed by atoms with E-state index in [1.807, 2.05) is 0 Å². The summed E-state index contributed by atoms with van der Waals surface area (Å²) in [6, 6.07) is 6.21. The minimum Gasteiger partial charge on any atom is -0.492 e. The third-order valence-electron chi connectivity index (χ3n) is 1.49. The fourth-order valence-corrected chi connectivity index (χ4v) is 0.871. The Bertz CT molecular complexity index is 285. The van der Waals surface area contributed by atoms with Gasteiger partial charge in [-0.15, -0.1) is 0 Å². The topological polar surface area (TPSA) is 136 Å². The predicted octanol–water partition coefficient (Wildman–Crippen LogP) is -0.927. The van der Waals surface area contributed by atoms with Gasteiger partial charge in [-0.3, -0.25) is 0 Å². The summed E-state index contributed by atoms with van der Waals surface area (Å²) in [7, 11) is 0. The number of ether oxygens (including phenoxy) is 1. The highest BCUT2D eigenvalue weighted by Gasteiger charge is 2.01. The van der Waals surface area contributed by atoms with Gasteiger partial charge in [0, 0.05) is 6.54 Å². The van der Waals surface area contributed by atoms with Gasteiger partial charge in [0.25, 0.3) is 0 Å². The van der Waals surface area contributed by atoms with Gasteiger partial charge in [0.2, 0.25) is 0 Å². The van der Waals surface area contributed by atoms with Gasteiger partial charge in [0.15, 0.2) is 0 Å². The molecule has 0 aliphatic heterocycles. The summed E-state index contributed by atoms with van der Waals surface area (Å²) in [6.07, 6.45) is 0. The van der Waals surface area contributed by atoms with Crippen molar-refractivity contribution in [3.8, 4) is 5.75 Å². The van der Waals surface area contributed by atoms with E-state index in [1.165, 1.54) is 12.1 Å². The fourth-order valence-electron chi connectivity index (χ4n) is 0.871. The lowest BCUT2D eigenvalue weighted by Crippen LogP contribution is -2.10. The molecule has 6 heteroatoms. The van der Waals surface area contributed by atoms with E-state index in [-0.39, 0.29) is 16.5 Å². The molecule has 0 unspecified atom stereocenters. The summed E-state index contributed by atoms with van der Waals surface area (Å²) in [5.41, 5.74) is 5.49. The van der Waals surface area contributed by atoms with E-state index in [0.29, 0.717) is 18.9 Å². The molecule has 15 heavy (non-hydrogen) atoms. The normalized spacial score (nSPS) is 8.33. The van der Waals surface area contributed by atoms with E-state index in [2.05, 4.69) is 0 Å². The molecule has 0 spiro atoms. The van der Waals surface area contributed by atoms with Crippen molar-refractivity contribution in [3.63, 3.8) is 0 Å². The molecule has 0 bridgehead atoms. The van der Waals surface area contributed by atoms with Crippen LogP contribution in [0.25, 0.3) is 0 Å². The van der Waals surface area contributed by atoms with E-state index < -0.39 is 5.97 Å². The molecule has 7 N–H and O–H groups in total. The number of rotatable bonds is 4. The number of aromatic carboxylic acids is 1. The van der Waals surface area contributed by atoms with Crippen LogP contribution in [0.2, 0.25) is 0 Å². The molecular formula is C9H15NO5. The molecule has 0 aliphatic carbocycles. The first-order chi connectivity index (χ1) is 6.24. The summed E-state index contributed by atoms with van der Waals surface area (Å²) in [4.78, 5) is 10.5. The second-order valence-electron chi connectivity index (χ2n) is 2.47. The van der Waals surface area contributed by atoms with E-state index in [9.17, 15) is 4.79 Å². The summed E-state index contributed by atoms with van der Waals surface area (Å²) < 4.78 is 5.17. The van der Waals surface area contributed by atoms with Crippen LogP contribution in [0.15, 0.2) is 24.3 Å². The minimum absolute atomic E-state index is 0. The van der Waals surface area contributed by atoms with Crippen LogP contribution < -0.4 is 10.5 Å². The zero-order chi connectivity index (χ0) is 9.68. The zero-order valence-electron chi connectivity index (χ0n) is 8.06. The molecule has 0 heterocycles. The maximum Gasteiger partial charge on any atom is 0.335 e. The van der Waals surface area contributed by atoms with Crippen molar-refractivity contribution >= 4 is 5.97 Å². The van der Waals surface area contributed by atoms with Gasteiger partial charge in [0.1, 0.15) is 12.4 Å². The first-order valence-electron chi connectivity index (χ1n) is 3.90. The summed E-state index contributed by atoms with van der Waals surface area (Å²) in [5.74, 6) is -0.305. The van der Waals surface area contributed by atoms with Crippen LogP contribution in [0.1, 0.15) is 10.4 Å². The quantitative estimate of drug-likeness (QED) is 0.673. The number of benzene rings is 1. The summed E-state index contributed by atoms with van der Waals surface area (Å²) >= 11 is 0. The van der Waals surface area contributed by atoms with Gasteiger partial charge in [-0.05, 0) is 24.3 Å². The second kappa shape index (κ2) is 7.74. The van der Waals surface area contributed by atoms with Crippen molar-refractivity contribution < 1.29 is 25.6 Å². The third kappa shape index (κ3) is 4.96. The van der Waals surface area contributed by atoms with E-state index in [0.717, 1.165) is 0 Å². The second-order valence-corrected chi connectivity index (χ2v) is 2.47. The molecule has 0 radical (unpaired) electrons. The number of carboxylic acids is 1. The number of carboxylic acid groups (broad SMARTS) is 1. The van der Waals surface area contributed by atoms with Crippen molar-refractivity contribution in [2.45, 2.75) is 0 Å². The molecule has 0 saturated heterocycles. The molecule has 1 aromatic carbocycles. The number of nitrogens with two attached hydrogens (primary N) is 1. The maximum atomic E-state index is 10.5. The molecule has 1 aromatic rings. The van der Waals surface area contributed by atoms with E-state index in [1.54, 1.807) is 12.1 Å². The minimum atomic E-state index is -0.939.